The first-order valence-electron chi connectivity index (χ1n) is 6.57. The Bertz CT molecular complexity index is 287. The monoisotopic (exact) mass is 264 g/mol. The molecule has 0 aliphatic heterocycles. The van der Waals surface area contributed by atoms with Crippen molar-refractivity contribution in [3.63, 3.8) is 0 Å². The number of hydrogen-bond donors (Lipinski definition) is 1. The average Bonchev–Trinajstić information content (AvgIpc) is 2.30. The summed E-state index contributed by atoms with van der Waals surface area (Å²) in [6, 6.07) is 0. The predicted octanol–water partition coefficient (Wildman–Crippen LogP) is 1.68. The molecule has 0 aromatic heterocycles. The van der Waals surface area contributed by atoms with Gasteiger partial charge in [-0.05, 0) is 19.9 Å². The molecule has 0 saturated carbocycles. The maximum atomic E-state index is 12.3. The minimum atomic E-state index is -3.16. The zero-order valence-electron chi connectivity index (χ0n) is 11.9. The van der Waals surface area contributed by atoms with Crippen LogP contribution in [0.25, 0.3) is 0 Å². The van der Waals surface area contributed by atoms with Crippen LogP contribution in [0.5, 0.6) is 0 Å². The Morgan fingerprint density at radius 2 is 1.71 bits per heavy atom. The molecule has 4 nitrogen and oxygen atoms in total. The lowest BCUT2D eigenvalue weighted by atomic mass is 10.0. The summed E-state index contributed by atoms with van der Waals surface area (Å²) in [5.74, 6) is 0.464. The van der Waals surface area contributed by atoms with E-state index in [0.29, 0.717) is 25.6 Å². The fourth-order valence-corrected chi connectivity index (χ4v) is 3.56. The van der Waals surface area contributed by atoms with Crippen molar-refractivity contribution >= 4 is 10.0 Å². The van der Waals surface area contributed by atoms with Gasteiger partial charge in [-0.3, -0.25) is 0 Å². The molecule has 0 radical (unpaired) electrons. The predicted molar refractivity (Wildman–Crippen MR) is 73.6 cm³/mol. The Hall–Kier alpha value is -0.130. The van der Waals surface area contributed by atoms with E-state index in [1.54, 1.807) is 18.3 Å². The van der Waals surface area contributed by atoms with Gasteiger partial charge < -0.3 is 5.32 Å². The maximum Gasteiger partial charge on any atom is 0.217 e. The zero-order chi connectivity index (χ0) is 13.5. The molecule has 1 atom stereocenters. The van der Waals surface area contributed by atoms with E-state index in [2.05, 4.69) is 19.2 Å². The van der Waals surface area contributed by atoms with Crippen LogP contribution in [0.2, 0.25) is 0 Å². The van der Waals surface area contributed by atoms with E-state index >= 15 is 0 Å². The van der Waals surface area contributed by atoms with Gasteiger partial charge in [0.2, 0.25) is 10.0 Å². The van der Waals surface area contributed by atoms with E-state index < -0.39 is 10.0 Å². The molecule has 0 spiro atoms. The van der Waals surface area contributed by atoms with Crippen LogP contribution in [0, 0.1) is 5.92 Å². The van der Waals surface area contributed by atoms with Crippen molar-refractivity contribution in [2.24, 2.45) is 5.92 Å². The summed E-state index contributed by atoms with van der Waals surface area (Å²) < 4.78 is 26.2. The highest BCUT2D eigenvalue weighted by molar-refractivity contribution is 7.89. The number of sulfonamides is 1. The molecule has 17 heavy (non-hydrogen) atoms. The van der Waals surface area contributed by atoms with Gasteiger partial charge in [-0.2, -0.15) is 0 Å². The van der Waals surface area contributed by atoms with Gasteiger partial charge in [0.25, 0.3) is 0 Å². The minimum Gasteiger partial charge on any atom is -0.318 e. The van der Waals surface area contributed by atoms with Crippen molar-refractivity contribution in [3.05, 3.63) is 0 Å². The highest BCUT2D eigenvalue weighted by Gasteiger charge is 2.28. The quantitative estimate of drug-likeness (QED) is 0.689. The summed E-state index contributed by atoms with van der Waals surface area (Å²) >= 11 is 0. The highest BCUT2D eigenvalue weighted by atomic mass is 32.2. The van der Waals surface area contributed by atoms with Crippen molar-refractivity contribution in [3.8, 4) is 0 Å². The number of nitrogens with one attached hydrogen (secondary N) is 1. The molecule has 104 valence electrons. The maximum absolute atomic E-state index is 12.3. The fraction of sp³-hybridized carbons (Fsp3) is 1.00. The Morgan fingerprint density at radius 3 is 2.06 bits per heavy atom. The van der Waals surface area contributed by atoms with Gasteiger partial charge in [-0.25, -0.2) is 12.7 Å². The van der Waals surface area contributed by atoms with Crippen LogP contribution in [-0.4, -0.2) is 44.7 Å². The Labute approximate surface area is 107 Å². The summed E-state index contributed by atoms with van der Waals surface area (Å²) in [4.78, 5) is 0. The second-order valence-corrected chi connectivity index (χ2v) is 6.90. The molecule has 0 amide bonds. The zero-order valence-corrected chi connectivity index (χ0v) is 12.7. The third kappa shape index (κ3) is 4.94. The van der Waals surface area contributed by atoms with Crippen LogP contribution < -0.4 is 5.32 Å². The SMILES string of the molecule is CCC(CC)CN(CC)S(=O)(=O)C(C)CNC. The van der Waals surface area contributed by atoms with Crippen LogP contribution >= 0.6 is 0 Å². The first kappa shape index (κ1) is 16.9. The third-order valence-corrected chi connectivity index (χ3v) is 5.64. The average molecular weight is 264 g/mol. The Kier molecular flexibility index (Phi) is 8.00. The Morgan fingerprint density at radius 1 is 1.18 bits per heavy atom. The summed E-state index contributed by atoms with van der Waals surface area (Å²) in [6.07, 6.45) is 2.06. The van der Waals surface area contributed by atoms with Gasteiger partial charge in [0, 0.05) is 19.6 Å². The normalized spacial score (nSPS) is 14.5. The van der Waals surface area contributed by atoms with E-state index in [4.69, 9.17) is 0 Å². The molecule has 0 aliphatic rings. The second-order valence-electron chi connectivity index (χ2n) is 4.55. The summed E-state index contributed by atoms with van der Waals surface area (Å²) in [6.45, 7) is 9.62. The first-order chi connectivity index (χ1) is 7.93. The smallest absolute Gasteiger partial charge is 0.217 e. The number of nitrogens with zero attached hydrogens (tertiary/aromatic N) is 1. The molecule has 0 heterocycles. The lowest BCUT2D eigenvalue weighted by Gasteiger charge is -2.27. The van der Waals surface area contributed by atoms with Crippen molar-refractivity contribution < 1.29 is 8.42 Å². The van der Waals surface area contributed by atoms with Gasteiger partial charge in [0.05, 0.1) is 5.25 Å². The summed E-state index contributed by atoms with van der Waals surface area (Å²) in [5, 5.41) is 2.57. The van der Waals surface area contributed by atoms with Gasteiger partial charge in [0.1, 0.15) is 0 Å². The third-order valence-electron chi connectivity index (χ3n) is 3.33. The fourth-order valence-electron chi connectivity index (χ4n) is 1.90. The van der Waals surface area contributed by atoms with E-state index in [1.807, 2.05) is 6.92 Å². The van der Waals surface area contributed by atoms with Crippen LogP contribution in [0.15, 0.2) is 0 Å². The van der Waals surface area contributed by atoms with Crippen molar-refractivity contribution in [2.45, 2.75) is 45.8 Å². The van der Waals surface area contributed by atoms with Crippen LogP contribution in [0.4, 0.5) is 0 Å². The molecule has 0 fully saturated rings. The van der Waals surface area contributed by atoms with E-state index in [-0.39, 0.29) is 5.25 Å². The second kappa shape index (κ2) is 8.06. The molecule has 0 saturated heterocycles. The lowest BCUT2D eigenvalue weighted by Crippen LogP contribution is -2.43. The largest absolute Gasteiger partial charge is 0.318 e. The van der Waals surface area contributed by atoms with Crippen molar-refractivity contribution in [1.82, 2.24) is 9.62 Å². The number of rotatable bonds is 9. The van der Waals surface area contributed by atoms with E-state index in [9.17, 15) is 8.42 Å². The van der Waals surface area contributed by atoms with Gasteiger partial charge in [-0.1, -0.05) is 33.6 Å². The molecular weight excluding hydrogens is 236 g/mol. The molecular formula is C12H28N2O2S. The van der Waals surface area contributed by atoms with Crippen LogP contribution in [0.3, 0.4) is 0 Å². The molecule has 0 aliphatic carbocycles. The minimum absolute atomic E-state index is 0.359. The van der Waals surface area contributed by atoms with E-state index in [1.165, 1.54) is 0 Å². The molecule has 0 rings (SSSR count). The molecule has 0 bridgehead atoms. The van der Waals surface area contributed by atoms with Gasteiger partial charge in [0.15, 0.2) is 0 Å². The first-order valence-corrected chi connectivity index (χ1v) is 8.07. The molecule has 0 aromatic carbocycles. The molecule has 0 aromatic rings. The Balaban J connectivity index is 4.74. The number of hydrogen-bond acceptors (Lipinski definition) is 3. The van der Waals surface area contributed by atoms with E-state index in [0.717, 1.165) is 12.8 Å². The van der Waals surface area contributed by atoms with Crippen LogP contribution in [0.1, 0.15) is 40.5 Å². The van der Waals surface area contributed by atoms with Gasteiger partial charge >= 0.3 is 0 Å². The standard InChI is InChI=1S/C12H28N2O2S/c1-6-12(7-2)10-14(8-3)17(15,16)11(4)9-13-5/h11-13H,6-10H2,1-5H3. The molecule has 1 unspecified atom stereocenters. The summed E-state index contributed by atoms with van der Waals surface area (Å²) in [7, 11) is -1.38. The molecule has 1 N–H and O–H groups in total. The topological polar surface area (TPSA) is 49.4 Å². The van der Waals surface area contributed by atoms with Gasteiger partial charge in [-0.15, -0.1) is 0 Å². The highest BCUT2D eigenvalue weighted by Crippen LogP contribution is 2.15. The van der Waals surface area contributed by atoms with Crippen molar-refractivity contribution in [2.75, 3.05) is 26.7 Å². The lowest BCUT2D eigenvalue weighted by molar-refractivity contribution is 0.336. The van der Waals surface area contributed by atoms with Crippen LogP contribution in [-0.2, 0) is 10.0 Å². The summed E-state index contributed by atoms with van der Waals surface area (Å²) in [5.41, 5.74) is 0. The van der Waals surface area contributed by atoms with Crippen molar-refractivity contribution in [1.29, 1.82) is 0 Å². The molecule has 5 heteroatoms.